The second-order valence-electron chi connectivity index (χ2n) is 3.72. The molecule has 1 rings (SSSR count). The Balaban J connectivity index is 2.90. The maximum Gasteiger partial charge on any atom is 0.0632 e. The second kappa shape index (κ2) is 3.87. The SMILES string of the molecule is CC(C)(O)Cc1ccc(Cl)cc1Cl. The third kappa shape index (κ3) is 3.55. The summed E-state index contributed by atoms with van der Waals surface area (Å²) in [6.45, 7) is 3.50. The van der Waals surface area contributed by atoms with Crippen molar-refractivity contribution in [3.05, 3.63) is 33.8 Å². The van der Waals surface area contributed by atoms with Crippen molar-refractivity contribution in [2.24, 2.45) is 0 Å². The minimum Gasteiger partial charge on any atom is -0.390 e. The first-order valence-electron chi connectivity index (χ1n) is 4.05. The summed E-state index contributed by atoms with van der Waals surface area (Å²) in [5.41, 5.74) is 0.177. The molecule has 1 aromatic carbocycles. The van der Waals surface area contributed by atoms with Crippen LogP contribution in [0.25, 0.3) is 0 Å². The third-order valence-electron chi connectivity index (χ3n) is 1.64. The molecule has 1 nitrogen and oxygen atoms in total. The molecule has 72 valence electrons. The molecule has 0 saturated carbocycles. The topological polar surface area (TPSA) is 20.2 Å². The lowest BCUT2D eigenvalue weighted by Gasteiger charge is -2.17. The zero-order chi connectivity index (χ0) is 10.1. The summed E-state index contributed by atoms with van der Waals surface area (Å²) in [6.07, 6.45) is 0.531. The fourth-order valence-electron chi connectivity index (χ4n) is 1.13. The maximum absolute atomic E-state index is 9.57. The predicted molar refractivity (Wildman–Crippen MR) is 56.5 cm³/mol. The van der Waals surface area contributed by atoms with E-state index in [0.29, 0.717) is 16.5 Å². The lowest BCUT2D eigenvalue weighted by atomic mass is 9.99. The van der Waals surface area contributed by atoms with Crippen molar-refractivity contribution in [2.45, 2.75) is 25.9 Å². The van der Waals surface area contributed by atoms with Crippen LogP contribution < -0.4 is 0 Å². The van der Waals surface area contributed by atoms with E-state index in [1.54, 1.807) is 26.0 Å². The van der Waals surface area contributed by atoms with Crippen LogP contribution in [0.4, 0.5) is 0 Å². The van der Waals surface area contributed by atoms with Gasteiger partial charge in [0.25, 0.3) is 0 Å². The maximum atomic E-state index is 9.57. The second-order valence-corrected chi connectivity index (χ2v) is 4.57. The molecule has 0 bridgehead atoms. The third-order valence-corrected chi connectivity index (χ3v) is 2.23. The minimum absolute atomic E-state index is 0.531. The van der Waals surface area contributed by atoms with E-state index in [2.05, 4.69) is 0 Å². The van der Waals surface area contributed by atoms with Crippen LogP contribution in [-0.4, -0.2) is 10.7 Å². The molecule has 0 fully saturated rings. The summed E-state index contributed by atoms with van der Waals surface area (Å²) >= 11 is 11.7. The first-order valence-corrected chi connectivity index (χ1v) is 4.80. The summed E-state index contributed by atoms with van der Waals surface area (Å²) in [5, 5.41) is 10.8. The average molecular weight is 219 g/mol. The van der Waals surface area contributed by atoms with Crippen LogP contribution in [0.5, 0.6) is 0 Å². The van der Waals surface area contributed by atoms with Gasteiger partial charge in [-0.05, 0) is 31.5 Å². The minimum atomic E-state index is -0.739. The summed E-state index contributed by atoms with van der Waals surface area (Å²) < 4.78 is 0. The Kier molecular flexibility index (Phi) is 3.23. The molecule has 0 aromatic heterocycles. The first-order chi connectivity index (χ1) is 5.88. The van der Waals surface area contributed by atoms with E-state index in [9.17, 15) is 5.11 Å². The standard InChI is InChI=1S/C10H12Cl2O/c1-10(2,13)6-7-3-4-8(11)5-9(7)12/h3-5,13H,6H2,1-2H3. The van der Waals surface area contributed by atoms with Crippen molar-refractivity contribution in [1.82, 2.24) is 0 Å². The van der Waals surface area contributed by atoms with Crippen molar-refractivity contribution in [2.75, 3.05) is 0 Å². The van der Waals surface area contributed by atoms with Gasteiger partial charge in [-0.1, -0.05) is 29.3 Å². The van der Waals surface area contributed by atoms with Gasteiger partial charge >= 0.3 is 0 Å². The molecule has 0 aliphatic carbocycles. The van der Waals surface area contributed by atoms with Gasteiger partial charge < -0.3 is 5.11 Å². The first kappa shape index (κ1) is 10.8. The summed E-state index contributed by atoms with van der Waals surface area (Å²) in [6, 6.07) is 5.29. The Hall–Kier alpha value is -0.240. The smallest absolute Gasteiger partial charge is 0.0632 e. The highest BCUT2D eigenvalue weighted by Crippen LogP contribution is 2.24. The van der Waals surface area contributed by atoms with Gasteiger partial charge in [0.2, 0.25) is 0 Å². The summed E-state index contributed by atoms with van der Waals surface area (Å²) in [7, 11) is 0. The monoisotopic (exact) mass is 218 g/mol. The molecule has 0 atom stereocenters. The van der Waals surface area contributed by atoms with Gasteiger partial charge in [0, 0.05) is 16.5 Å². The number of rotatable bonds is 2. The molecule has 0 amide bonds. The highest BCUT2D eigenvalue weighted by atomic mass is 35.5. The van der Waals surface area contributed by atoms with Crippen LogP contribution in [0.1, 0.15) is 19.4 Å². The molecular weight excluding hydrogens is 207 g/mol. The number of halogens is 2. The fourth-order valence-corrected chi connectivity index (χ4v) is 1.61. The van der Waals surface area contributed by atoms with Crippen molar-refractivity contribution < 1.29 is 5.11 Å². The van der Waals surface area contributed by atoms with Gasteiger partial charge in [-0.2, -0.15) is 0 Å². The molecule has 0 heterocycles. The fraction of sp³-hybridized carbons (Fsp3) is 0.400. The average Bonchev–Trinajstić information content (AvgIpc) is 1.93. The van der Waals surface area contributed by atoms with Gasteiger partial charge in [-0.25, -0.2) is 0 Å². The van der Waals surface area contributed by atoms with Crippen LogP contribution in [-0.2, 0) is 6.42 Å². The Labute approximate surface area is 88.3 Å². The van der Waals surface area contributed by atoms with Crippen LogP contribution in [0.15, 0.2) is 18.2 Å². The van der Waals surface area contributed by atoms with Crippen LogP contribution >= 0.6 is 23.2 Å². The van der Waals surface area contributed by atoms with Crippen molar-refractivity contribution in [1.29, 1.82) is 0 Å². The molecule has 1 aromatic rings. The number of hydrogen-bond donors (Lipinski definition) is 1. The molecule has 3 heteroatoms. The van der Waals surface area contributed by atoms with Crippen molar-refractivity contribution in [3.8, 4) is 0 Å². The van der Waals surface area contributed by atoms with E-state index in [4.69, 9.17) is 23.2 Å². The van der Waals surface area contributed by atoms with Crippen LogP contribution in [0, 0.1) is 0 Å². The number of benzene rings is 1. The summed E-state index contributed by atoms with van der Waals surface area (Å²) in [5.74, 6) is 0. The van der Waals surface area contributed by atoms with Crippen molar-refractivity contribution in [3.63, 3.8) is 0 Å². The van der Waals surface area contributed by atoms with Gasteiger partial charge in [-0.3, -0.25) is 0 Å². The molecule has 13 heavy (non-hydrogen) atoms. The van der Waals surface area contributed by atoms with E-state index in [1.807, 2.05) is 6.07 Å². The lowest BCUT2D eigenvalue weighted by molar-refractivity contribution is 0.0810. The van der Waals surface area contributed by atoms with E-state index in [1.165, 1.54) is 0 Å². The molecule has 0 aliphatic rings. The van der Waals surface area contributed by atoms with E-state index >= 15 is 0 Å². The molecule has 0 radical (unpaired) electrons. The predicted octanol–water partition coefficient (Wildman–Crippen LogP) is 3.31. The van der Waals surface area contributed by atoms with Gasteiger partial charge in [0.05, 0.1) is 5.60 Å². The van der Waals surface area contributed by atoms with E-state index in [0.717, 1.165) is 5.56 Å². The number of hydrogen-bond acceptors (Lipinski definition) is 1. The zero-order valence-corrected chi connectivity index (χ0v) is 9.15. The largest absolute Gasteiger partial charge is 0.390 e. The normalized spacial score (nSPS) is 11.8. The Morgan fingerprint density at radius 2 is 1.92 bits per heavy atom. The highest BCUT2D eigenvalue weighted by Gasteiger charge is 2.15. The Morgan fingerprint density at radius 1 is 1.31 bits per heavy atom. The Morgan fingerprint density at radius 3 is 2.38 bits per heavy atom. The van der Waals surface area contributed by atoms with Crippen molar-refractivity contribution >= 4 is 23.2 Å². The molecule has 0 unspecified atom stereocenters. The van der Waals surface area contributed by atoms with Gasteiger partial charge in [0.15, 0.2) is 0 Å². The highest BCUT2D eigenvalue weighted by molar-refractivity contribution is 6.35. The lowest BCUT2D eigenvalue weighted by Crippen LogP contribution is -2.21. The zero-order valence-electron chi connectivity index (χ0n) is 7.64. The van der Waals surface area contributed by atoms with Crippen LogP contribution in [0.2, 0.25) is 10.0 Å². The molecule has 0 spiro atoms. The van der Waals surface area contributed by atoms with Gasteiger partial charge in [-0.15, -0.1) is 0 Å². The quantitative estimate of drug-likeness (QED) is 0.808. The van der Waals surface area contributed by atoms with E-state index in [-0.39, 0.29) is 0 Å². The molecule has 0 saturated heterocycles. The Bertz CT molecular complexity index is 302. The summed E-state index contributed by atoms with van der Waals surface area (Å²) in [4.78, 5) is 0. The molecule has 1 N–H and O–H groups in total. The van der Waals surface area contributed by atoms with Crippen LogP contribution in [0.3, 0.4) is 0 Å². The van der Waals surface area contributed by atoms with E-state index < -0.39 is 5.60 Å². The van der Waals surface area contributed by atoms with Gasteiger partial charge in [0.1, 0.15) is 0 Å². The molecule has 0 aliphatic heterocycles. The molecular formula is C10H12Cl2O. The number of aliphatic hydroxyl groups is 1.